The molecule has 24 heavy (non-hydrogen) atoms. The molecule has 1 aliphatic carbocycles. The summed E-state index contributed by atoms with van der Waals surface area (Å²) in [6.07, 6.45) is 2.39. The third kappa shape index (κ3) is 2.34. The molecule has 124 valence electrons. The van der Waals surface area contributed by atoms with Crippen molar-refractivity contribution in [1.82, 2.24) is 3.97 Å². The first-order valence-electron chi connectivity index (χ1n) is 7.76. The molecule has 2 aromatic carbocycles. The van der Waals surface area contributed by atoms with Crippen molar-refractivity contribution >= 4 is 20.9 Å². The van der Waals surface area contributed by atoms with E-state index in [0.717, 1.165) is 17.5 Å². The second-order valence-corrected chi connectivity index (χ2v) is 8.18. The van der Waals surface area contributed by atoms with Gasteiger partial charge in [-0.25, -0.2) is 16.8 Å². The molecule has 0 spiro atoms. The normalized spacial score (nSPS) is 20.5. The predicted octanol–water partition coefficient (Wildman–Crippen LogP) is 3.14. The van der Waals surface area contributed by atoms with Gasteiger partial charge in [0.1, 0.15) is 5.82 Å². The van der Waals surface area contributed by atoms with Gasteiger partial charge in [0.2, 0.25) is 0 Å². The number of hydrogen-bond donors (Lipinski definition) is 1. The summed E-state index contributed by atoms with van der Waals surface area (Å²) < 4.78 is 41.0. The van der Waals surface area contributed by atoms with Crippen LogP contribution >= 0.6 is 0 Å². The summed E-state index contributed by atoms with van der Waals surface area (Å²) in [6, 6.07) is 10.9. The highest BCUT2D eigenvalue weighted by Gasteiger charge is 2.38. The lowest BCUT2D eigenvalue weighted by atomic mass is 10.1. The Morgan fingerprint density at radius 3 is 2.46 bits per heavy atom. The van der Waals surface area contributed by atoms with Gasteiger partial charge in [-0.1, -0.05) is 17.7 Å². The number of fused-ring (bicyclic) bond motifs is 1. The van der Waals surface area contributed by atoms with Crippen molar-refractivity contribution in [2.75, 3.05) is 0 Å². The number of aryl methyl sites for hydroxylation is 1. The van der Waals surface area contributed by atoms with E-state index in [9.17, 15) is 12.8 Å². The second-order valence-electron chi connectivity index (χ2n) is 6.37. The average Bonchev–Trinajstić information content (AvgIpc) is 3.14. The summed E-state index contributed by atoms with van der Waals surface area (Å²) in [4.78, 5) is 0.209. The molecule has 0 saturated heterocycles. The molecule has 4 nitrogen and oxygen atoms in total. The van der Waals surface area contributed by atoms with Gasteiger partial charge in [0, 0.05) is 23.5 Å². The average molecular weight is 344 g/mol. The Labute approximate surface area is 139 Å². The molecule has 0 unspecified atom stereocenters. The number of hydrogen-bond acceptors (Lipinski definition) is 3. The Morgan fingerprint density at radius 1 is 1.17 bits per heavy atom. The Bertz CT molecular complexity index is 1040. The van der Waals surface area contributed by atoms with E-state index in [1.807, 2.05) is 6.92 Å². The van der Waals surface area contributed by atoms with Gasteiger partial charge in [-0.05, 0) is 49.2 Å². The van der Waals surface area contributed by atoms with Gasteiger partial charge in [0.15, 0.2) is 0 Å². The van der Waals surface area contributed by atoms with Gasteiger partial charge in [-0.15, -0.1) is 0 Å². The minimum absolute atomic E-state index is 0.00870. The van der Waals surface area contributed by atoms with E-state index in [4.69, 9.17) is 5.73 Å². The van der Waals surface area contributed by atoms with Gasteiger partial charge in [-0.2, -0.15) is 0 Å². The zero-order chi connectivity index (χ0) is 17.1. The standard InChI is InChI=1S/C18H17FN2O2S/c1-11-2-5-13(6-3-11)24(22,23)21-10-16(14-9-17(14)20)15-8-12(19)4-7-18(15)21/h2-8,10,14,17H,9,20H2,1H3/t14-,17+/m0/s1. The van der Waals surface area contributed by atoms with Crippen LogP contribution in [0, 0.1) is 12.7 Å². The molecule has 3 aromatic rings. The van der Waals surface area contributed by atoms with E-state index in [-0.39, 0.29) is 22.7 Å². The molecule has 0 aliphatic heterocycles. The summed E-state index contributed by atoms with van der Waals surface area (Å²) in [5, 5.41) is 0.614. The summed E-state index contributed by atoms with van der Waals surface area (Å²) >= 11 is 0. The minimum atomic E-state index is -3.74. The smallest absolute Gasteiger partial charge is 0.268 e. The van der Waals surface area contributed by atoms with Crippen molar-refractivity contribution in [3.8, 4) is 0 Å². The number of rotatable bonds is 3. The number of aromatic nitrogens is 1. The lowest BCUT2D eigenvalue weighted by molar-refractivity contribution is 0.589. The molecular formula is C18H17FN2O2S. The van der Waals surface area contributed by atoms with E-state index in [0.29, 0.717) is 10.9 Å². The van der Waals surface area contributed by atoms with Gasteiger partial charge in [0.05, 0.1) is 10.4 Å². The van der Waals surface area contributed by atoms with Crippen molar-refractivity contribution in [3.63, 3.8) is 0 Å². The van der Waals surface area contributed by atoms with Gasteiger partial charge < -0.3 is 5.73 Å². The highest BCUT2D eigenvalue weighted by atomic mass is 32.2. The first-order valence-corrected chi connectivity index (χ1v) is 9.20. The van der Waals surface area contributed by atoms with E-state index < -0.39 is 10.0 Å². The van der Waals surface area contributed by atoms with E-state index in [1.54, 1.807) is 30.5 Å². The minimum Gasteiger partial charge on any atom is -0.327 e. The zero-order valence-electron chi connectivity index (χ0n) is 13.1. The Morgan fingerprint density at radius 2 is 1.83 bits per heavy atom. The van der Waals surface area contributed by atoms with E-state index in [2.05, 4.69) is 0 Å². The van der Waals surface area contributed by atoms with Crippen LogP contribution in [0.5, 0.6) is 0 Å². The number of nitrogens with zero attached hydrogens (tertiary/aromatic N) is 1. The van der Waals surface area contributed by atoms with Crippen molar-refractivity contribution in [3.05, 3.63) is 65.6 Å². The quantitative estimate of drug-likeness (QED) is 0.794. The number of halogens is 1. The lowest BCUT2D eigenvalue weighted by Crippen LogP contribution is -2.11. The molecule has 1 fully saturated rings. The molecule has 1 heterocycles. The van der Waals surface area contributed by atoms with Crippen LogP contribution in [0.1, 0.15) is 23.5 Å². The van der Waals surface area contributed by atoms with Crippen LogP contribution in [0.3, 0.4) is 0 Å². The second kappa shape index (κ2) is 5.16. The fraction of sp³-hybridized carbons (Fsp3) is 0.222. The van der Waals surface area contributed by atoms with Crippen molar-refractivity contribution in [2.45, 2.75) is 30.2 Å². The van der Waals surface area contributed by atoms with Gasteiger partial charge in [0.25, 0.3) is 10.0 Å². The Kier molecular flexibility index (Phi) is 3.30. The molecule has 1 aliphatic rings. The Hall–Kier alpha value is -2.18. The predicted molar refractivity (Wildman–Crippen MR) is 91.0 cm³/mol. The summed E-state index contributed by atoms with van der Waals surface area (Å²) in [7, 11) is -3.74. The fourth-order valence-electron chi connectivity index (χ4n) is 3.09. The molecule has 2 atom stereocenters. The van der Waals surface area contributed by atoms with Crippen LogP contribution < -0.4 is 5.73 Å². The monoisotopic (exact) mass is 344 g/mol. The van der Waals surface area contributed by atoms with Crippen LogP contribution in [-0.4, -0.2) is 18.4 Å². The zero-order valence-corrected chi connectivity index (χ0v) is 13.9. The highest BCUT2D eigenvalue weighted by molar-refractivity contribution is 7.90. The largest absolute Gasteiger partial charge is 0.327 e. The molecule has 0 bridgehead atoms. The highest BCUT2D eigenvalue weighted by Crippen LogP contribution is 2.43. The molecule has 4 rings (SSSR count). The number of benzene rings is 2. The van der Waals surface area contributed by atoms with Crippen LogP contribution in [-0.2, 0) is 10.0 Å². The Balaban J connectivity index is 1.95. The molecule has 1 aromatic heterocycles. The maximum atomic E-state index is 13.7. The fourth-order valence-corrected chi connectivity index (χ4v) is 4.47. The summed E-state index contributed by atoms with van der Waals surface area (Å²) in [5.41, 5.74) is 8.18. The molecule has 0 radical (unpaired) electrons. The van der Waals surface area contributed by atoms with E-state index in [1.165, 1.54) is 22.2 Å². The summed E-state index contributed by atoms with van der Waals surface area (Å²) in [5.74, 6) is -0.299. The van der Waals surface area contributed by atoms with Gasteiger partial charge >= 0.3 is 0 Å². The first kappa shape index (κ1) is 15.4. The van der Waals surface area contributed by atoms with Crippen LogP contribution in [0.2, 0.25) is 0 Å². The molecule has 0 amide bonds. The lowest BCUT2D eigenvalue weighted by Gasteiger charge is -2.08. The first-order chi connectivity index (χ1) is 11.4. The SMILES string of the molecule is Cc1ccc(S(=O)(=O)n2cc([C@@H]3C[C@H]3N)c3cc(F)ccc32)cc1. The number of nitrogens with two attached hydrogens (primary N) is 1. The third-order valence-electron chi connectivity index (χ3n) is 4.58. The molecule has 6 heteroatoms. The topological polar surface area (TPSA) is 65.1 Å². The molecule has 2 N–H and O–H groups in total. The van der Waals surface area contributed by atoms with E-state index >= 15 is 0 Å². The third-order valence-corrected chi connectivity index (χ3v) is 6.27. The van der Waals surface area contributed by atoms with Crippen molar-refractivity contribution in [1.29, 1.82) is 0 Å². The van der Waals surface area contributed by atoms with Crippen molar-refractivity contribution < 1.29 is 12.8 Å². The molecule has 1 saturated carbocycles. The maximum absolute atomic E-state index is 13.7. The van der Waals surface area contributed by atoms with Gasteiger partial charge in [-0.3, -0.25) is 0 Å². The summed E-state index contributed by atoms with van der Waals surface area (Å²) in [6.45, 7) is 1.90. The molecular weight excluding hydrogens is 327 g/mol. The maximum Gasteiger partial charge on any atom is 0.268 e. The van der Waals surface area contributed by atoms with Crippen LogP contribution in [0.25, 0.3) is 10.9 Å². The van der Waals surface area contributed by atoms with Crippen molar-refractivity contribution in [2.24, 2.45) is 5.73 Å². The van der Waals surface area contributed by atoms with Crippen LogP contribution in [0.15, 0.2) is 53.6 Å². The van der Waals surface area contributed by atoms with Crippen LogP contribution in [0.4, 0.5) is 4.39 Å².